The third-order valence-electron chi connectivity index (χ3n) is 4.03. The maximum atomic E-state index is 12.5. The number of rotatable bonds is 6. The lowest BCUT2D eigenvalue weighted by Gasteiger charge is -2.35. The molecule has 0 fully saturated rings. The molecule has 0 aliphatic rings. The quantitative estimate of drug-likeness (QED) is 0.299. The van der Waals surface area contributed by atoms with Crippen LogP contribution in [0.15, 0.2) is 53.4 Å². The first-order valence-corrected chi connectivity index (χ1v) is 9.80. The highest BCUT2D eigenvalue weighted by Crippen LogP contribution is 2.36. The first-order chi connectivity index (χ1) is 13.4. The zero-order valence-corrected chi connectivity index (χ0v) is 16.9. The fourth-order valence-corrected chi connectivity index (χ4v) is 3.97. The van der Waals surface area contributed by atoms with E-state index in [2.05, 4.69) is 0 Å². The second kappa shape index (κ2) is 8.01. The Morgan fingerprint density at radius 2 is 1.83 bits per heavy atom. The first-order valence-electron chi connectivity index (χ1n) is 7.99. The number of carboxylic acid groups (broad SMARTS) is 1. The smallest absolute Gasteiger partial charge is 0.414 e. The van der Waals surface area contributed by atoms with Gasteiger partial charge < -0.3 is 15.0 Å². The minimum Gasteiger partial charge on any atom is -0.465 e. The van der Waals surface area contributed by atoms with Crippen LogP contribution in [-0.2, 0) is 15.7 Å². The van der Waals surface area contributed by atoms with Gasteiger partial charge in [0.1, 0.15) is 10.6 Å². The topological polar surface area (TPSA) is 153 Å². The Kier molecular flexibility index (Phi) is 6.09. The van der Waals surface area contributed by atoms with Gasteiger partial charge in [0.25, 0.3) is 5.69 Å². The predicted octanol–water partition coefficient (Wildman–Crippen LogP) is 2.82. The van der Waals surface area contributed by atoms with E-state index < -0.39 is 42.4 Å². The minimum atomic E-state index is -4.37. The zero-order chi connectivity index (χ0) is 22.0. The van der Waals surface area contributed by atoms with E-state index in [1.54, 1.807) is 18.2 Å². The first kappa shape index (κ1) is 22.0. The molecule has 0 unspecified atom stereocenters. The minimum absolute atomic E-state index is 0.0325. The molecule has 0 bridgehead atoms. The maximum Gasteiger partial charge on any atom is 0.414 e. The molecule has 10 nitrogen and oxygen atoms in total. The molecule has 2 aromatic rings. The Balaban J connectivity index is 2.58. The van der Waals surface area contributed by atoms with Gasteiger partial charge in [-0.2, -0.15) is 8.42 Å². The van der Waals surface area contributed by atoms with E-state index in [1.807, 2.05) is 0 Å². The molecule has 2 rings (SSSR count). The number of para-hydroxylation sites is 1. The van der Waals surface area contributed by atoms with Crippen LogP contribution in [0.25, 0.3) is 0 Å². The van der Waals surface area contributed by atoms with Gasteiger partial charge in [-0.3, -0.25) is 10.1 Å². The molecule has 0 saturated heterocycles. The number of nitrogens with two attached hydrogens (primary N) is 1. The van der Waals surface area contributed by atoms with E-state index in [-0.39, 0.29) is 11.3 Å². The summed E-state index contributed by atoms with van der Waals surface area (Å²) in [6.07, 6.45) is -1.51. The molecule has 0 radical (unpaired) electrons. The second-order valence-corrected chi connectivity index (χ2v) is 8.27. The molecule has 0 aromatic heterocycles. The van der Waals surface area contributed by atoms with Crippen molar-refractivity contribution < 1.29 is 27.4 Å². The van der Waals surface area contributed by atoms with Crippen LogP contribution in [0.3, 0.4) is 0 Å². The maximum absolute atomic E-state index is 12.5. The summed E-state index contributed by atoms with van der Waals surface area (Å²) < 4.78 is 30.0. The van der Waals surface area contributed by atoms with Crippen molar-refractivity contribution in [2.24, 2.45) is 5.73 Å². The third-order valence-corrected chi connectivity index (χ3v) is 5.46. The van der Waals surface area contributed by atoms with E-state index in [4.69, 9.17) is 22.1 Å². The summed E-state index contributed by atoms with van der Waals surface area (Å²) in [7, 11) is -4.37. The monoisotopic (exact) mass is 439 g/mol. The summed E-state index contributed by atoms with van der Waals surface area (Å²) in [4.78, 5) is 22.4. The van der Waals surface area contributed by atoms with Crippen molar-refractivity contribution in [3.8, 4) is 5.75 Å². The Bertz CT molecular complexity index is 1060. The number of nitrogens with zero attached hydrogens (tertiary/aromatic N) is 2. The predicted molar refractivity (Wildman–Crippen MR) is 107 cm³/mol. The average Bonchev–Trinajstić information content (AvgIpc) is 2.60. The van der Waals surface area contributed by atoms with Crippen molar-refractivity contribution >= 4 is 39.2 Å². The largest absolute Gasteiger partial charge is 0.465 e. The Morgan fingerprint density at radius 3 is 2.31 bits per heavy atom. The van der Waals surface area contributed by atoms with Gasteiger partial charge in [0.05, 0.1) is 16.0 Å². The Labute approximate surface area is 171 Å². The van der Waals surface area contributed by atoms with Gasteiger partial charge >= 0.3 is 16.2 Å². The van der Waals surface area contributed by atoms with Gasteiger partial charge in [-0.05, 0) is 50.3 Å². The standard InChI is InChI=1S/C17H17N3O7S2/c1-17(2,19(15(18)28)16(21)22)13-9-8-12(10-14(13)20(23)24)29(25,26)27-11-6-4-3-5-7-11/h3-10H,1-2H3,(H2,18,28)(H,21,22). The van der Waals surface area contributed by atoms with E-state index in [1.165, 1.54) is 26.0 Å². The lowest BCUT2D eigenvalue weighted by molar-refractivity contribution is -0.386. The van der Waals surface area contributed by atoms with Gasteiger partial charge in [-0.15, -0.1) is 0 Å². The molecule has 1 amide bonds. The summed E-state index contributed by atoms with van der Waals surface area (Å²) in [5, 5.41) is 20.5. The number of nitro groups is 1. The summed E-state index contributed by atoms with van der Waals surface area (Å²) in [5.41, 5.74) is 3.18. The molecule has 29 heavy (non-hydrogen) atoms. The summed E-state index contributed by atoms with van der Waals surface area (Å²) in [5.74, 6) is 0.0325. The van der Waals surface area contributed by atoms with Crippen molar-refractivity contribution in [2.45, 2.75) is 24.3 Å². The molecule has 0 spiro atoms. The summed E-state index contributed by atoms with van der Waals surface area (Å²) in [6.45, 7) is 2.72. The normalized spacial score (nSPS) is 11.5. The number of thiocarbonyl (C=S) groups is 1. The van der Waals surface area contributed by atoms with Crippen LogP contribution in [0.1, 0.15) is 19.4 Å². The highest BCUT2D eigenvalue weighted by molar-refractivity contribution is 7.87. The van der Waals surface area contributed by atoms with Crippen LogP contribution in [0.4, 0.5) is 10.5 Å². The van der Waals surface area contributed by atoms with Crippen LogP contribution >= 0.6 is 12.2 Å². The molecular formula is C17H17N3O7S2. The van der Waals surface area contributed by atoms with E-state index in [0.29, 0.717) is 4.90 Å². The van der Waals surface area contributed by atoms with Gasteiger partial charge in [0, 0.05) is 6.07 Å². The molecule has 154 valence electrons. The third kappa shape index (κ3) is 4.60. The van der Waals surface area contributed by atoms with Crippen LogP contribution in [0.2, 0.25) is 0 Å². The van der Waals surface area contributed by atoms with Crippen LogP contribution in [-0.4, -0.2) is 34.6 Å². The number of carbonyl (C=O) groups is 1. The Morgan fingerprint density at radius 1 is 1.24 bits per heavy atom. The zero-order valence-electron chi connectivity index (χ0n) is 15.3. The van der Waals surface area contributed by atoms with E-state index in [0.717, 1.165) is 18.2 Å². The number of amides is 1. The van der Waals surface area contributed by atoms with Crippen LogP contribution < -0.4 is 9.92 Å². The van der Waals surface area contributed by atoms with Crippen molar-refractivity contribution in [3.05, 3.63) is 64.2 Å². The van der Waals surface area contributed by atoms with E-state index in [9.17, 15) is 28.4 Å². The van der Waals surface area contributed by atoms with Gasteiger partial charge in [-0.25, -0.2) is 9.69 Å². The summed E-state index contributed by atoms with van der Waals surface area (Å²) in [6, 6.07) is 10.6. The summed E-state index contributed by atoms with van der Waals surface area (Å²) >= 11 is 4.75. The fourth-order valence-electron chi connectivity index (χ4n) is 2.72. The highest BCUT2D eigenvalue weighted by Gasteiger charge is 2.40. The lowest BCUT2D eigenvalue weighted by Crippen LogP contribution is -2.51. The molecule has 12 heteroatoms. The highest BCUT2D eigenvalue weighted by atomic mass is 32.2. The lowest BCUT2D eigenvalue weighted by atomic mass is 9.91. The molecule has 0 aliphatic carbocycles. The molecule has 2 aromatic carbocycles. The molecule has 0 heterocycles. The van der Waals surface area contributed by atoms with Gasteiger partial charge in [-0.1, -0.05) is 18.2 Å². The molecular weight excluding hydrogens is 422 g/mol. The van der Waals surface area contributed by atoms with Crippen molar-refractivity contribution in [1.82, 2.24) is 4.90 Å². The van der Waals surface area contributed by atoms with Gasteiger partial charge in [0.15, 0.2) is 5.11 Å². The second-order valence-electron chi connectivity index (χ2n) is 6.30. The van der Waals surface area contributed by atoms with Crippen molar-refractivity contribution in [2.75, 3.05) is 0 Å². The molecule has 0 saturated carbocycles. The van der Waals surface area contributed by atoms with Gasteiger partial charge in [0.2, 0.25) is 0 Å². The SMILES string of the molecule is CC(C)(c1ccc(S(=O)(=O)Oc2ccccc2)cc1[N+](=O)[O-])N(C(=O)O)C(N)=S. The average molecular weight is 439 g/mol. The molecule has 0 atom stereocenters. The molecule has 3 N–H and O–H groups in total. The number of hydrogen-bond donors (Lipinski definition) is 2. The van der Waals surface area contributed by atoms with Crippen LogP contribution in [0.5, 0.6) is 5.75 Å². The molecule has 0 aliphatic heterocycles. The van der Waals surface area contributed by atoms with Crippen molar-refractivity contribution in [3.63, 3.8) is 0 Å². The van der Waals surface area contributed by atoms with Crippen LogP contribution in [0, 0.1) is 10.1 Å². The fraction of sp³-hybridized carbons (Fsp3) is 0.176. The number of nitro benzene ring substituents is 1. The Hall–Kier alpha value is -3.25. The van der Waals surface area contributed by atoms with Crippen molar-refractivity contribution in [1.29, 1.82) is 0 Å². The number of benzene rings is 2. The number of hydrogen-bond acceptors (Lipinski definition) is 7. The van der Waals surface area contributed by atoms with E-state index >= 15 is 0 Å².